The van der Waals surface area contributed by atoms with Crippen LogP contribution in [-0.4, -0.2) is 12.9 Å². The number of carbonyl (C=O) groups excluding carboxylic acids is 1. The summed E-state index contributed by atoms with van der Waals surface area (Å²) in [5.41, 5.74) is 8.75. The topological polar surface area (TPSA) is 118 Å². The summed E-state index contributed by atoms with van der Waals surface area (Å²) in [6, 6.07) is 15.1. The molecule has 0 amide bonds. The number of nitriles is 2. The molecule has 7 nitrogen and oxygen atoms in total. The third-order valence-corrected chi connectivity index (χ3v) is 6.50. The Morgan fingerprint density at radius 3 is 2.73 bits per heavy atom. The highest BCUT2D eigenvalue weighted by Crippen LogP contribution is 2.46. The Hall–Kier alpha value is -3.50. The predicted octanol–water partition coefficient (Wildman–Crippen LogP) is 4.57. The Kier molecular flexibility index (Phi) is 6.57. The molecular weight excluding hydrogens is 533 g/mol. The zero-order valence-electron chi connectivity index (χ0n) is 17.9. The average Bonchev–Trinajstić information content (AvgIpc) is 2.82. The first-order chi connectivity index (χ1) is 16.0. The number of rotatable bonds is 5. The molecule has 2 aromatic carbocycles. The minimum absolute atomic E-state index is 0.0263. The van der Waals surface area contributed by atoms with Gasteiger partial charge in [-0.1, -0.05) is 18.2 Å². The van der Waals surface area contributed by atoms with Crippen molar-refractivity contribution in [3.63, 3.8) is 0 Å². The van der Waals surface area contributed by atoms with Crippen LogP contribution in [0.4, 0.5) is 0 Å². The number of nitrogens with zero attached hydrogens (tertiary/aromatic N) is 2. The normalized spacial score (nSPS) is 17.6. The standard InChI is InChI=1S/C25H20IN3O4/c1-31-21-10-16(9-18(26)24(21)32-13-15-6-3-2-5-14(15)11-27)22-17(12-28)25(29)33-20-8-4-7-19(30)23(20)22/h2-3,5-6,9-10,22H,4,7-8,13,29H2,1H3/t22-/m0/s1. The number of carbonyl (C=O) groups is 1. The van der Waals surface area contributed by atoms with E-state index >= 15 is 0 Å². The third-order valence-electron chi connectivity index (χ3n) is 5.70. The molecule has 1 atom stereocenters. The number of hydrogen-bond acceptors (Lipinski definition) is 7. The van der Waals surface area contributed by atoms with Crippen molar-refractivity contribution in [2.75, 3.05) is 7.11 Å². The summed E-state index contributed by atoms with van der Waals surface area (Å²) >= 11 is 2.14. The Balaban J connectivity index is 1.75. The number of nitrogens with two attached hydrogens (primary N) is 1. The molecule has 33 heavy (non-hydrogen) atoms. The Labute approximate surface area is 205 Å². The van der Waals surface area contributed by atoms with Crippen LogP contribution in [0.3, 0.4) is 0 Å². The number of hydrogen-bond donors (Lipinski definition) is 1. The van der Waals surface area contributed by atoms with Gasteiger partial charge in [-0.3, -0.25) is 4.79 Å². The number of ether oxygens (including phenoxy) is 3. The van der Waals surface area contributed by atoms with Crippen LogP contribution in [0.2, 0.25) is 0 Å². The largest absolute Gasteiger partial charge is 0.493 e. The molecule has 1 heterocycles. The van der Waals surface area contributed by atoms with Crippen molar-refractivity contribution in [1.29, 1.82) is 10.5 Å². The van der Waals surface area contributed by atoms with E-state index in [0.717, 1.165) is 9.13 Å². The van der Waals surface area contributed by atoms with Crippen molar-refractivity contribution in [3.8, 4) is 23.6 Å². The Morgan fingerprint density at radius 1 is 1.21 bits per heavy atom. The van der Waals surface area contributed by atoms with E-state index in [1.54, 1.807) is 18.2 Å². The molecular formula is C25H20IN3O4. The van der Waals surface area contributed by atoms with Crippen LogP contribution < -0.4 is 15.2 Å². The number of Topliss-reactive ketones (excluding diaryl/α,β-unsaturated/α-hetero) is 1. The van der Waals surface area contributed by atoms with E-state index in [9.17, 15) is 15.3 Å². The van der Waals surface area contributed by atoms with Gasteiger partial charge < -0.3 is 19.9 Å². The molecule has 166 valence electrons. The van der Waals surface area contributed by atoms with Crippen molar-refractivity contribution in [2.24, 2.45) is 5.73 Å². The molecule has 0 saturated carbocycles. The molecule has 1 aliphatic heterocycles. The van der Waals surface area contributed by atoms with E-state index in [0.29, 0.717) is 53.2 Å². The maximum Gasteiger partial charge on any atom is 0.205 e. The molecule has 0 bridgehead atoms. The van der Waals surface area contributed by atoms with Crippen molar-refractivity contribution in [3.05, 3.63) is 79.4 Å². The van der Waals surface area contributed by atoms with Gasteiger partial charge in [0.15, 0.2) is 17.3 Å². The molecule has 0 aromatic heterocycles. The van der Waals surface area contributed by atoms with Gasteiger partial charge in [-0.25, -0.2) is 0 Å². The van der Waals surface area contributed by atoms with E-state index in [1.165, 1.54) is 7.11 Å². The van der Waals surface area contributed by atoms with E-state index in [-0.39, 0.29) is 23.8 Å². The average molecular weight is 553 g/mol. The predicted molar refractivity (Wildman–Crippen MR) is 128 cm³/mol. The molecule has 2 N–H and O–H groups in total. The maximum atomic E-state index is 12.8. The highest BCUT2D eigenvalue weighted by Gasteiger charge is 2.38. The highest BCUT2D eigenvalue weighted by atomic mass is 127. The van der Waals surface area contributed by atoms with E-state index in [1.807, 2.05) is 18.2 Å². The fourth-order valence-electron chi connectivity index (χ4n) is 4.14. The summed E-state index contributed by atoms with van der Waals surface area (Å²) in [4.78, 5) is 12.8. The van der Waals surface area contributed by atoms with Crippen molar-refractivity contribution >= 4 is 28.4 Å². The summed E-state index contributed by atoms with van der Waals surface area (Å²) in [6.45, 7) is 0.191. The van der Waals surface area contributed by atoms with Gasteiger partial charge in [0.05, 0.1) is 28.2 Å². The molecule has 0 spiro atoms. The number of benzene rings is 2. The Morgan fingerprint density at radius 2 is 2.00 bits per heavy atom. The van der Waals surface area contributed by atoms with Crippen LogP contribution in [-0.2, 0) is 16.1 Å². The monoisotopic (exact) mass is 553 g/mol. The van der Waals surface area contributed by atoms with E-state index in [2.05, 4.69) is 34.7 Å². The van der Waals surface area contributed by atoms with Crippen molar-refractivity contribution in [1.82, 2.24) is 0 Å². The zero-order chi connectivity index (χ0) is 23.5. The van der Waals surface area contributed by atoms with Crippen LogP contribution in [0.5, 0.6) is 11.5 Å². The van der Waals surface area contributed by atoms with Crippen LogP contribution in [0.15, 0.2) is 59.2 Å². The molecule has 2 aliphatic rings. The smallest absolute Gasteiger partial charge is 0.205 e. The van der Waals surface area contributed by atoms with Gasteiger partial charge in [0, 0.05) is 24.0 Å². The van der Waals surface area contributed by atoms with Crippen LogP contribution in [0.25, 0.3) is 0 Å². The second kappa shape index (κ2) is 9.55. The first kappa shape index (κ1) is 22.7. The number of halogens is 1. The molecule has 0 radical (unpaired) electrons. The number of ketones is 1. The van der Waals surface area contributed by atoms with Gasteiger partial charge >= 0.3 is 0 Å². The molecule has 0 saturated heterocycles. The lowest BCUT2D eigenvalue weighted by Gasteiger charge is -2.31. The second-order valence-electron chi connectivity index (χ2n) is 7.63. The van der Waals surface area contributed by atoms with Gasteiger partial charge in [0.2, 0.25) is 5.88 Å². The summed E-state index contributed by atoms with van der Waals surface area (Å²) in [6.07, 6.45) is 1.70. The van der Waals surface area contributed by atoms with Crippen LogP contribution >= 0.6 is 22.6 Å². The lowest BCUT2D eigenvalue weighted by atomic mass is 9.77. The number of allylic oxidation sites excluding steroid dienone is 3. The molecule has 1 aliphatic carbocycles. The zero-order valence-corrected chi connectivity index (χ0v) is 20.0. The minimum atomic E-state index is -0.623. The fourth-order valence-corrected chi connectivity index (χ4v) is 4.92. The third kappa shape index (κ3) is 4.27. The fraction of sp³-hybridized carbons (Fsp3) is 0.240. The molecule has 0 fully saturated rings. The highest BCUT2D eigenvalue weighted by molar-refractivity contribution is 14.1. The molecule has 2 aromatic rings. The van der Waals surface area contributed by atoms with Gasteiger partial charge in [0.1, 0.15) is 24.0 Å². The summed E-state index contributed by atoms with van der Waals surface area (Å²) in [7, 11) is 1.53. The number of methoxy groups -OCH3 is 1. The first-order valence-corrected chi connectivity index (χ1v) is 11.4. The van der Waals surface area contributed by atoms with Crippen LogP contribution in [0, 0.1) is 26.2 Å². The quantitative estimate of drug-likeness (QED) is 0.540. The maximum absolute atomic E-state index is 12.8. The van der Waals surface area contributed by atoms with Crippen molar-refractivity contribution in [2.45, 2.75) is 31.8 Å². The summed E-state index contributed by atoms with van der Waals surface area (Å²) in [5.74, 6) is 0.875. The molecule has 8 heteroatoms. The summed E-state index contributed by atoms with van der Waals surface area (Å²) < 4.78 is 18.0. The lowest BCUT2D eigenvalue weighted by molar-refractivity contribution is -0.116. The van der Waals surface area contributed by atoms with Crippen LogP contribution in [0.1, 0.15) is 41.9 Å². The minimum Gasteiger partial charge on any atom is -0.493 e. The molecule has 4 rings (SSSR count). The second-order valence-corrected chi connectivity index (χ2v) is 8.79. The van der Waals surface area contributed by atoms with Gasteiger partial charge in [-0.2, -0.15) is 10.5 Å². The van der Waals surface area contributed by atoms with Gasteiger partial charge in [-0.15, -0.1) is 0 Å². The molecule has 0 unspecified atom stereocenters. The van der Waals surface area contributed by atoms with Crippen molar-refractivity contribution < 1.29 is 19.0 Å². The Bertz CT molecular complexity index is 1280. The van der Waals surface area contributed by atoms with Gasteiger partial charge in [-0.05, 0) is 52.8 Å². The SMILES string of the molecule is COc1cc([C@H]2C(C#N)=C(N)OC3=C2C(=O)CCC3)cc(I)c1OCc1ccccc1C#N. The lowest BCUT2D eigenvalue weighted by Crippen LogP contribution is -2.27. The van der Waals surface area contributed by atoms with E-state index < -0.39 is 5.92 Å². The first-order valence-electron chi connectivity index (χ1n) is 10.3. The van der Waals surface area contributed by atoms with Gasteiger partial charge in [0.25, 0.3) is 0 Å². The summed E-state index contributed by atoms with van der Waals surface area (Å²) in [5, 5.41) is 19.1. The van der Waals surface area contributed by atoms with E-state index in [4.69, 9.17) is 19.9 Å².